The molecule has 1 N–H and O–H groups in total. The van der Waals surface area contributed by atoms with Crippen molar-refractivity contribution < 1.29 is 9.53 Å². The van der Waals surface area contributed by atoms with Gasteiger partial charge in [0.25, 0.3) is 0 Å². The summed E-state index contributed by atoms with van der Waals surface area (Å²) >= 11 is 0. The standard InChI is InChI=1S/C18H32N2O2/c1-17(2,9-13-5-7-22-8-6-13)12-19-16(21)20-10-14-15(11-20)18(14,3)4/h13-15H,5-12H2,1-4H3,(H,19,21)/t14-,15+. The first-order valence-corrected chi connectivity index (χ1v) is 8.90. The lowest BCUT2D eigenvalue weighted by atomic mass is 9.80. The van der Waals surface area contributed by atoms with E-state index in [9.17, 15) is 4.79 Å². The molecule has 0 aromatic rings. The summed E-state index contributed by atoms with van der Waals surface area (Å²) in [7, 11) is 0. The van der Waals surface area contributed by atoms with Crippen LogP contribution in [0.2, 0.25) is 0 Å². The van der Waals surface area contributed by atoms with Crippen LogP contribution in [0.3, 0.4) is 0 Å². The third kappa shape index (κ3) is 3.27. The van der Waals surface area contributed by atoms with Crippen LogP contribution in [0.5, 0.6) is 0 Å². The molecular formula is C18H32N2O2. The number of hydrogen-bond acceptors (Lipinski definition) is 2. The van der Waals surface area contributed by atoms with Crippen molar-refractivity contribution in [1.29, 1.82) is 0 Å². The van der Waals surface area contributed by atoms with Gasteiger partial charge in [-0.25, -0.2) is 4.79 Å². The van der Waals surface area contributed by atoms with Crippen LogP contribution in [-0.2, 0) is 4.74 Å². The van der Waals surface area contributed by atoms with Gasteiger partial charge in [-0.05, 0) is 47.8 Å². The fraction of sp³-hybridized carbons (Fsp3) is 0.944. The number of ether oxygens (including phenoxy) is 1. The maximum absolute atomic E-state index is 12.4. The van der Waals surface area contributed by atoms with E-state index in [2.05, 4.69) is 33.0 Å². The Labute approximate surface area is 135 Å². The van der Waals surface area contributed by atoms with Gasteiger partial charge in [-0.3, -0.25) is 0 Å². The third-order valence-electron chi connectivity index (χ3n) is 6.31. The zero-order valence-electron chi connectivity index (χ0n) is 14.7. The number of fused-ring (bicyclic) bond motifs is 1. The Morgan fingerprint density at radius 2 is 1.82 bits per heavy atom. The van der Waals surface area contributed by atoms with Crippen LogP contribution >= 0.6 is 0 Å². The van der Waals surface area contributed by atoms with Crippen molar-refractivity contribution in [3.63, 3.8) is 0 Å². The summed E-state index contributed by atoms with van der Waals surface area (Å²) in [5.41, 5.74) is 0.638. The molecule has 3 fully saturated rings. The second kappa shape index (κ2) is 5.70. The molecule has 2 amide bonds. The Hall–Kier alpha value is -0.770. The molecule has 3 aliphatic rings. The van der Waals surface area contributed by atoms with Gasteiger partial charge in [-0.1, -0.05) is 27.7 Å². The predicted molar refractivity (Wildman–Crippen MR) is 87.7 cm³/mol. The molecule has 0 radical (unpaired) electrons. The topological polar surface area (TPSA) is 41.6 Å². The number of urea groups is 1. The Morgan fingerprint density at radius 1 is 1.23 bits per heavy atom. The summed E-state index contributed by atoms with van der Waals surface area (Å²) in [5.74, 6) is 2.21. The van der Waals surface area contributed by atoms with Gasteiger partial charge in [-0.15, -0.1) is 0 Å². The number of nitrogens with one attached hydrogen (secondary N) is 1. The second-order valence-electron chi connectivity index (χ2n) is 9.02. The highest BCUT2D eigenvalue weighted by molar-refractivity contribution is 5.75. The highest BCUT2D eigenvalue weighted by atomic mass is 16.5. The van der Waals surface area contributed by atoms with Gasteiger partial charge < -0.3 is 15.0 Å². The number of nitrogens with zero attached hydrogens (tertiary/aromatic N) is 1. The number of carbonyl (C=O) groups excluding carboxylic acids is 1. The number of rotatable bonds is 4. The third-order valence-corrected chi connectivity index (χ3v) is 6.31. The van der Waals surface area contributed by atoms with Gasteiger partial charge in [-0.2, -0.15) is 0 Å². The molecule has 0 bridgehead atoms. The Balaban J connectivity index is 1.40. The van der Waals surface area contributed by atoms with Crippen molar-refractivity contribution in [2.24, 2.45) is 28.6 Å². The van der Waals surface area contributed by atoms with E-state index in [4.69, 9.17) is 4.74 Å². The zero-order chi connectivity index (χ0) is 16.0. The van der Waals surface area contributed by atoms with E-state index in [1.165, 1.54) is 19.3 Å². The van der Waals surface area contributed by atoms with Gasteiger partial charge in [0.15, 0.2) is 0 Å². The van der Waals surface area contributed by atoms with E-state index in [0.29, 0.717) is 5.41 Å². The SMILES string of the molecule is CC(C)(CNC(=O)N1C[C@@H]2[C@H](C1)C2(C)C)CC1CCOCC1. The first-order valence-electron chi connectivity index (χ1n) is 8.90. The van der Waals surface area contributed by atoms with Crippen LogP contribution < -0.4 is 5.32 Å². The summed E-state index contributed by atoms with van der Waals surface area (Å²) in [6.07, 6.45) is 3.51. The molecule has 1 saturated carbocycles. The van der Waals surface area contributed by atoms with Gasteiger partial charge >= 0.3 is 6.03 Å². The van der Waals surface area contributed by atoms with Crippen LogP contribution in [-0.4, -0.2) is 43.8 Å². The minimum absolute atomic E-state index is 0.142. The van der Waals surface area contributed by atoms with E-state index in [1.54, 1.807) is 0 Å². The van der Waals surface area contributed by atoms with Gasteiger partial charge in [0.2, 0.25) is 0 Å². The molecule has 0 unspecified atom stereocenters. The molecule has 2 heterocycles. The maximum atomic E-state index is 12.4. The first-order chi connectivity index (χ1) is 10.3. The van der Waals surface area contributed by atoms with E-state index in [0.717, 1.165) is 50.6 Å². The van der Waals surface area contributed by atoms with Gasteiger partial charge in [0, 0.05) is 32.8 Å². The van der Waals surface area contributed by atoms with Crippen molar-refractivity contribution >= 4 is 6.03 Å². The average molecular weight is 308 g/mol. The molecule has 2 saturated heterocycles. The molecule has 2 atom stereocenters. The molecule has 4 heteroatoms. The van der Waals surface area contributed by atoms with Crippen LogP contribution in [0, 0.1) is 28.6 Å². The Morgan fingerprint density at radius 3 is 2.41 bits per heavy atom. The Bertz CT molecular complexity index is 413. The fourth-order valence-corrected chi connectivity index (χ4v) is 4.53. The minimum atomic E-state index is 0.142. The first kappa shape index (κ1) is 16.1. The lowest BCUT2D eigenvalue weighted by Crippen LogP contribution is -2.44. The molecule has 2 aliphatic heterocycles. The number of amides is 2. The van der Waals surface area contributed by atoms with Crippen molar-refractivity contribution in [3.05, 3.63) is 0 Å². The number of carbonyl (C=O) groups is 1. The van der Waals surface area contributed by atoms with Crippen molar-refractivity contribution in [3.8, 4) is 0 Å². The highest BCUT2D eigenvalue weighted by Gasteiger charge is 2.62. The van der Waals surface area contributed by atoms with Crippen LogP contribution in [0.4, 0.5) is 4.79 Å². The minimum Gasteiger partial charge on any atom is -0.381 e. The average Bonchev–Trinajstić information content (AvgIpc) is 2.83. The summed E-state index contributed by atoms with van der Waals surface area (Å²) in [6.45, 7) is 13.7. The lowest BCUT2D eigenvalue weighted by molar-refractivity contribution is 0.0512. The largest absolute Gasteiger partial charge is 0.381 e. The normalized spacial score (nSPS) is 31.0. The molecule has 0 aromatic heterocycles. The van der Waals surface area contributed by atoms with E-state index < -0.39 is 0 Å². The fourth-order valence-electron chi connectivity index (χ4n) is 4.53. The number of piperidine rings is 1. The maximum Gasteiger partial charge on any atom is 0.317 e. The molecule has 22 heavy (non-hydrogen) atoms. The molecule has 126 valence electrons. The summed E-state index contributed by atoms with van der Waals surface area (Å²) in [5, 5.41) is 3.18. The van der Waals surface area contributed by atoms with Gasteiger partial charge in [0.05, 0.1) is 0 Å². The quantitative estimate of drug-likeness (QED) is 0.867. The lowest BCUT2D eigenvalue weighted by Gasteiger charge is -2.33. The van der Waals surface area contributed by atoms with Crippen LogP contribution in [0.1, 0.15) is 47.0 Å². The van der Waals surface area contributed by atoms with Crippen molar-refractivity contribution in [2.45, 2.75) is 47.0 Å². The molecule has 0 spiro atoms. The Kier molecular flexibility index (Phi) is 4.17. The summed E-state index contributed by atoms with van der Waals surface area (Å²) in [6, 6.07) is 0.142. The van der Waals surface area contributed by atoms with E-state index in [-0.39, 0.29) is 11.4 Å². The van der Waals surface area contributed by atoms with E-state index in [1.807, 2.05) is 4.90 Å². The molecule has 4 nitrogen and oxygen atoms in total. The smallest absolute Gasteiger partial charge is 0.317 e. The highest BCUT2D eigenvalue weighted by Crippen LogP contribution is 2.61. The van der Waals surface area contributed by atoms with Crippen molar-refractivity contribution in [1.82, 2.24) is 10.2 Å². The van der Waals surface area contributed by atoms with E-state index >= 15 is 0 Å². The predicted octanol–water partition coefficient (Wildman–Crippen LogP) is 3.13. The molecule has 3 rings (SSSR count). The van der Waals surface area contributed by atoms with Gasteiger partial charge in [0.1, 0.15) is 0 Å². The summed E-state index contributed by atoms with van der Waals surface area (Å²) < 4.78 is 5.43. The molecule has 1 aliphatic carbocycles. The number of likely N-dealkylation sites (tertiary alicyclic amines) is 1. The molecular weight excluding hydrogens is 276 g/mol. The monoisotopic (exact) mass is 308 g/mol. The number of hydrogen-bond donors (Lipinski definition) is 1. The second-order valence-corrected chi connectivity index (χ2v) is 9.02. The zero-order valence-corrected chi connectivity index (χ0v) is 14.7. The summed E-state index contributed by atoms with van der Waals surface area (Å²) in [4.78, 5) is 14.4. The van der Waals surface area contributed by atoms with Crippen molar-refractivity contribution in [2.75, 3.05) is 32.8 Å². The van der Waals surface area contributed by atoms with Crippen LogP contribution in [0.15, 0.2) is 0 Å². The molecule has 0 aromatic carbocycles. The van der Waals surface area contributed by atoms with Crippen LogP contribution in [0.25, 0.3) is 0 Å².